The van der Waals surface area contributed by atoms with Crippen LogP contribution in [-0.2, 0) is 32.5 Å². The van der Waals surface area contributed by atoms with Crippen molar-refractivity contribution in [3.63, 3.8) is 0 Å². The molecular weight excluding hydrogens is 316 g/mol. The summed E-state index contributed by atoms with van der Waals surface area (Å²) in [5, 5.41) is 0. The van der Waals surface area contributed by atoms with Crippen LogP contribution in [0, 0.1) is 0 Å². The lowest BCUT2D eigenvalue weighted by Crippen LogP contribution is -2.40. The largest absolute Gasteiger partial charge is 0.383 e. The highest BCUT2D eigenvalue weighted by atomic mass is 32.2. The summed E-state index contributed by atoms with van der Waals surface area (Å²) in [5.74, 6) is -0.00873. The van der Waals surface area contributed by atoms with Gasteiger partial charge in [-0.2, -0.15) is 4.31 Å². The van der Waals surface area contributed by atoms with E-state index in [9.17, 15) is 13.2 Å². The first kappa shape index (κ1) is 17.9. The van der Waals surface area contributed by atoms with Crippen molar-refractivity contribution in [2.45, 2.75) is 19.4 Å². The number of hydrogen-bond donors (Lipinski definition) is 0. The first-order chi connectivity index (χ1) is 10.9. The van der Waals surface area contributed by atoms with Crippen LogP contribution in [0.4, 0.5) is 0 Å². The Labute approximate surface area is 138 Å². The third kappa shape index (κ3) is 5.02. The summed E-state index contributed by atoms with van der Waals surface area (Å²) in [7, 11) is -1.81. The van der Waals surface area contributed by atoms with E-state index in [-0.39, 0.29) is 25.4 Å². The zero-order chi connectivity index (χ0) is 16.9. The molecule has 1 amide bonds. The van der Waals surface area contributed by atoms with Gasteiger partial charge in [-0.25, -0.2) is 8.42 Å². The van der Waals surface area contributed by atoms with E-state index in [0.29, 0.717) is 19.7 Å². The molecule has 7 heteroatoms. The van der Waals surface area contributed by atoms with E-state index in [1.807, 2.05) is 18.2 Å². The summed E-state index contributed by atoms with van der Waals surface area (Å²) >= 11 is 0. The van der Waals surface area contributed by atoms with Crippen molar-refractivity contribution >= 4 is 15.9 Å². The zero-order valence-corrected chi connectivity index (χ0v) is 14.5. The molecule has 0 bridgehead atoms. The molecule has 6 nitrogen and oxygen atoms in total. The van der Waals surface area contributed by atoms with Crippen LogP contribution in [0.15, 0.2) is 24.3 Å². The van der Waals surface area contributed by atoms with Gasteiger partial charge < -0.3 is 9.64 Å². The molecule has 0 atom stereocenters. The van der Waals surface area contributed by atoms with Crippen molar-refractivity contribution < 1.29 is 17.9 Å². The molecule has 0 aromatic heterocycles. The highest BCUT2D eigenvalue weighted by Crippen LogP contribution is 2.19. The van der Waals surface area contributed by atoms with Crippen molar-refractivity contribution in [3.05, 3.63) is 35.4 Å². The predicted octanol–water partition coefficient (Wildman–Crippen LogP) is 0.869. The molecule has 0 unspecified atom stereocenters. The number of nitrogens with zero attached hydrogens (tertiary/aromatic N) is 2. The molecule has 0 aliphatic carbocycles. The second-order valence-corrected chi connectivity index (χ2v) is 7.72. The molecule has 2 rings (SSSR count). The summed E-state index contributed by atoms with van der Waals surface area (Å²) in [6.07, 6.45) is 2.20. The van der Waals surface area contributed by atoms with Gasteiger partial charge >= 0.3 is 0 Å². The molecule has 23 heavy (non-hydrogen) atoms. The minimum absolute atomic E-state index is 0.00873. The third-order valence-electron chi connectivity index (χ3n) is 4.07. The molecule has 0 spiro atoms. The van der Waals surface area contributed by atoms with Gasteiger partial charge in [0.1, 0.15) is 0 Å². The zero-order valence-electron chi connectivity index (χ0n) is 13.7. The fourth-order valence-corrected chi connectivity index (χ4v) is 3.55. The van der Waals surface area contributed by atoms with Gasteiger partial charge in [-0.3, -0.25) is 4.79 Å². The fourth-order valence-electron chi connectivity index (χ4n) is 2.72. The van der Waals surface area contributed by atoms with E-state index in [0.717, 1.165) is 12.7 Å². The molecule has 1 aromatic rings. The molecule has 0 saturated heterocycles. The van der Waals surface area contributed by atoms with E-state index in [1.54, 1.807) is 4.90 Å². The SMILES string of the molecule is COCCN(CCC(=O)N1CCc2ccccc2C1)S(C)(=O)=O. The number of sulfonamides is 1. The number of carbonyl (C=O) groups is 1. The van der Waals surface area contributed by atoms with Crippen molar-refractivity contribution in [1.29, 1.82) is 0 Å². The van der Waals surface area contributed by atoms with Gasteiger partial charge in [-0.1, -0.05) is 24.3 Å². The molecule has 0 radical (unpaired) electrons. The molecule has 1 aliphatic rings. The number of benzene rings is 1. The second kappa shape index (κ2) is 7.90. The first-order valence-electron chi connectivity index (χ1n) is 7.70. The van der Waals surface area contributed by atoms with E-state index in [4.69, 9.17) is 4.74 Å². The summed E-state index contributed by atoms with van der Waals surface area (Å²) in [6.45, 7) is 2.07. The van der Waals surface area contributed by atoms with Crippen LogP contribution in [0.3, 0.4) is 0 Å². The molecule has 1 heterocycles. The topological polar surface area (TPSA) is 66.9 Å². The molecule has 1 aromatic carbocycles. The minimum Gasteiger partial charge on any atom is -0.383 e. The Kier molecular flexibility index (Phi) is 6.15. The van der Waals surface area contributed by atoms with Gasteiger partial charge in [0, 0.05) is 39.7 Å². The number of carbonyl (C=O) groups excluding carboxylic acids is 1. The lowest BCUT2D eigenvalue weighted by atomic mass is 10.00. The van der Waals surface area contributed by atoms with Gasteiger partial charge in [0.25, 0.3) is 0 Å². The average Bonchev–Trinajstić information content (AvgIpc) is 2.53. The number of rotatable bonds is 7. The Bertz CT molecular complexity index is 645. The Morgan fingerprint density at radius 1 is 1.26 bits per heavy atom. The molecule has 0 saturated carbocycles. The molecular formula is C16H24N2O4S. The molecule has 0 N–H and O–H groups in total. The maximum atomic E-state index is 12.4. The van der Waals surface area contributed by atoms with Crippen LogP contribution >= 0.6 is 0 Å². The van der Waals surface area contributed by atoms with Gasteiger partial charge in [0.05, 0.1) is 12.9 Å². The number of hydrogen-bond acceptors (Lipinski definition) is 4. The minimum atomic E-state index is -3.33. The smallest absolute Gasteiger partial charge is 0.224 e. The van der Waals surface area contributed by atoms with Crippen LogP contribution in [0.5, 0.6) is 0 Å². The fraction of sp³-hybridized carbons (Fsp3) is 0.562. The summed E-state index contributed by atoms with van der Waals surface area (Å²) in [5.41, 5.74) is 2.46. The van der Waals surface area contributed by atoms with Crippen molar-refractivity contribution in [2.24, 2.45) is 0 Å². The van der Waals surface area contributed by atoms with Crippen LogP contribution < -0.4 is 0 Å². The highest BCUT2D eigenvalue weighted by molar-refractivity contribution is 7.88. The average molecular weight is 340 g/mol. The van der Waals surface area contributed by atoms with Crippen LogP contribution in [-0.4, -0.2) is 63.1 Å². The van der Waals surface area contributed by atoms with E-state index >= 15 is 0 Å². The van der Waals surface area contributed by atoms with Crippen molar-refractivity contribution in [1.82, 2.24) is 9.21 Å². The number of methoxy groups -OCH3 is 1. The predicted molar refractivity (Wildman–Crippen MR) is 88.5 cm³/mol. The van der Waals surface area contributed by atoms with Gasteiger partial charge in [-0.15, -0.1) is 0 Å². The standard InChI is InChI=1S/C16H24N2O4S/c1-22-12-11-18(23(2,20)21)10-8-16(19)17-9-7-14-5-3-4-6-15(14)13-17/h3-6H,7-13H2,1-2H3. The van der Waals surface area contributed by atoms with Crippen LogP contribution in [0.2, 0.25) is 0 Å². The Morgan fingerprint density at radius 2 is 1.96 bits per heavy atom. The highest BCUT2D eigenvalue weighted by Gasteiger charge is 2.23. The number of fused-ring (bicyclic) bond motifs is 1. The van der Waals surface area contributed by atoms with Gasteiger partial charge in [0.2, 0.25) is 15.9 Å². The summed E-state index contributed by atoms with van der Waals surface area (Å²) < 4.78 is 29.7. The quantitative estimate of drug-likeness (QED) is 0.739. The molecule has 128 valence electrons. The summed E-state index contributed by atoms with van der Waals surface area (Å²) in [4.78, 5) is 14.2. The van der Waals surface area contributed by atoms with Crippen LogP contribution in [0.1, 0.15) is 17.5 Å². The van der Waals surface area contributed by atoms with E-state index < -0.39 is 10.0 Å². The third-order valence-corrected chi connectivity index (χ3v) is 5.38. The van der Waals surface area contributed by atoms with Crippen molar-refractivity contribution in [3.8, 4) is 0 Å². The number of amides is 1. The maximum absolute atomic E-state index is 12.4. The second-order valence-electron chi connectivity index (χ2n) is 5.74. The monoisotopic (exact) mass is 340 g/mol. The van der Waals surface area contributed by atoms with Gasteiger partial charge in [0.15, 0.2) is 0 Å². The van der Waals surface area contributed by atoms with E-state index in [1.165, 1.54) is 22.5 Å². The van der Waals surface area contributed by atoms with E-state index in [2.05, 4.69) is 6.07 Å². The van der Waals surface area contributed by atoms with Crippen LogP contribution in [0.25, 0.3) is 0 Å². The first-order valence-corrected chi connectivity index (χ1v) is 9.55. The Balaban J connectivity index is 1.92. The molecule has 1 aliphatic heterocycles. The lowest BCUT2D eigenvalue weighted by Gasteiger charge is -2.29. The van der Waals surface area contributed by atoms with Crippen molar-refractivity contribution in [2.75, 3.05) is 39.6 Å². The lowest BCUT2D eigenvalue weighted by molar-refractivity contribution is -0.132. The van der Waals surface area contributed by atoms with Gasteiger partial charge in [-0.05, 0) is 17.5 Å². The Hall–Kier alpha value is -1.44. The molecule has 0 fully saturated rings. The normalized spacial score (nSPS) is 14.8. The maximum Gasteiger partial charge on any atom is 0.224 e. The Morgan fingerprint density at radius 3 is 2.61 bits per heavy atom. The number of ether oxygens (including phenoxy) is 1. The summed E-state index contributed by atoms with van der Waals surface area (Å²) in [6, 6.07) is 8.11.